The number of anilines is 1. The molecule has 1 aliphatic rings. The van der Waals surface area contributed by atoms with Crippen LogP contribution in [0.5, 0.6) is 0 Å². The van der Waals surface area contributed by atoms with E-state index in [1.165, 1.54) is 17.2 Å². The number of hydrogen-bond acceptors (Lipinski definition) is 5. The minimum absolute atomic E-state index is 0.0208. The fraction of sp³-hybridized carbons (Fsp3) is 0.136. The van der Waals surface area contributed by atoms with Crippen LogP contribution in [0.2, 0.25) is 0 Å². The van der Waals surface area contributed by atoms with Crippen molar-refractivity contribution in [2.75, 3.05) is 4.90 Å². The van der Waals surface area contributed by atoms with E-state index in [1.54, 1.807) is 30.6 Å². The van der Waals surface area contributed by atoms with Gasteiger partial charge in [-0.3, -0.25) is 19.5 Å². The van der Waals surface area contributed by atoms with Gasteiger partial charge in [-0.15, -0.1) is 0 Å². The van der Waals surface area contributed by atoms with Crippen LogP contribution < -0.4 is 4.90 Å². The van der Waals surface area contributed by atoms with E-state index >= 15 is 0 Å². The Morgan fingerprint density at radius 2 is 1.96 bits per heavy atom. The Hall–Kier alpha value is -3.67. The molecule has 3 aromatic rings. The molecule has 1 N–H and O–H groups in total. The number of aliphatic hydroxyl groups is 1. The highest BCUT2D eigenvalue weighted by Gasteiger charge is 2.45. The van der Waals surface area contributed by atoms with Crippen molar-refractivity contribution >= 4 is 17.4 Å². The number of nitrogens with zero attached hydrogens (tertiary/aromatic N) is 2. The van der Waals surface area contributed by atoms with E-state index in [0.29, 0.717) is 11.3 Å². The van der Waals surface area contributed by atoms with Gasteiger partial charge in [-0.25, -0.2) is 0 Å². The summed E-state index contributed by atoms with van der Waals surface area (Å²) in [5.74, 6) is -1.67. The lowest BCUT2D eigenvalue weighted by Crippen LogP contribution is -2.31. The second-order valence-corrected chi connectivity index (χ2v) is 6.45. The summed E-state index contributed by atoms with van der Waals surface area (Å²) in [5, 5.41) is 10.6. The predicted octanol–water partition coefficient (Wildman–Crippen LogP) is 4.02. The molecular weight excluding hydrogens is 356 g/mol. The highest BCUT2D eigenvalue weighted by molar-refractivity contribution is 6.20. The number of ketones is 1. The summed E-state index contributed by atoms with van der Waals surface area (Å²) < 4.78 is 5.21. The number of aromatic nitrogens is 1. The smallest absolute Gasteiger partial charge is 0.294 e. The molecule has 28 heavy (non-hydrogen) atoms. The van der Waals surface area contributed by atoms with Crippen molar-refractivity contribution in [3.63, 3.8) is 0 Å². The van der Waals surface area contributed by atoms with Crippen molar-refractivity contribution in [3.8, 4) is 0 Å². The number of carbonyl (C=O) groups excluding carboxylic acids is 2. The van der Waals surface area contributed by atoms with Crippen molar-refractivity contribution in [3.05, 3.63) is 95.4 Å². The highest BCUT2D eigenvalue weighted by atomic mass is 16.3. The van der Waals surface area contributed by atoms with E-state index in [0.717, 1.165) is 12.0 Å². The van der Waals surface area contributed by atoms with E-state index in [2.05, 4.69) is 4.98 Å². The molecule has 3 heterocycles. The number of amides is 1. The molecule has 1 atom stereocenters. The molecule has 0 spiro atoms. The van der Waals surface area contributed by atoms with Crippen LogP contribution in [-0.2, 0) is 11.2 Å². The first kappa shape index (κ1) is 17.7. The summed E-state index contributed by atoms with van der Waals surface area (Å²) in [6, 6.07) is 13.3. The monoisotopic (exact) mass is 374 g/mol. The Balaban J connectivity index is 1.85. The Labute approximate surface area is 161 Å². The molecule has 0 radical (unpaired) electrons. The Morgan fingerprint density at radius 3 is 2.57 bits per heavy atom. The Kier molecular flexibility index (Phi) is 4.53. The zero-order chi connectivity index (χ0) is 19.7. The topological polar surface area (TPSA) is 83.6 Å². The van der Waals surface area contributed by atoms with E-state index in [1.807, 2.05) is 31.2 Å². The first-order valence-corrected chi connectivity index (χ1v) is 8.95. The molecule has 4 rings (SSSR count). The van der Waals surface area contributed by atoms with Gasteiger partial charge < -0.3 is 9.52 Å². The normalized spacial score (nSPS) is 16.7. The molecule has 1 unspecified atom stereocenters. The van der Waals surface area contributed by atoms with Gasteiger partial charge in [0.2, 0.25) is 5.78 Å². The van der Waals surface area contributed by atoms with Crippen molar-refractivity contribution in [2.45, 2.75) is 19.4 Å². The third kappa shape index (κ3) is 2.89. The molecule has 1 aliphatic heterocycles. The summed E-state index contributed by atoms with van der Waals surface area (Å²) in [7, 11) is 0. The SMILES string of the molecule is CCc1ccc(N2C(=O)C(O)=C(C(=O)c3ccco3)C2c2cccnc2)cc1. The fourth-order valence-corrected chi connectivity index (χ4v) is 3.39. The van der Waals surface area contributed by atoms with Gasteiger partial charge in [-0.1, -0.05) is 25.1 Å². The van der Waals surface area contributed by atoms with Crippen molar-refractivity contribution < 1.29 is 19.1 Å². The lowest BCUT2D eigenvalue weighted by atomic mass is 9.96. The van der Waals surface area contributed by atoms with Gasteiger partial charge in [0.25, 0.3) is 5.91 Å². The van der Waals surface area contributed by atoms with Crippen LogP contribution >= 0.6 is 0 Å². The number of aryl methyl sites for hydroxylation is 1. The summed E-state index contributed by atoms with van der Waals surface area (Å²) in [6.07, 6.45) is 5.44. The number of rotatable bonds is 5. The van der Waals surface area contributed by atoms with Crippen LogP contribution in [0.4, 0.5) is 5.69 Å². The van der Waals surface area contributed by atoms with Crippen LogP contribution in [0.1, 0.15) is 34.6 Å². The lowest BCUT2D eigenvalue weighted by Gasteiger charge is -2.26. The Bertz CT molecular complexity index is 1040. The molecule has 140 valence electrons. The molecule has 0 fully saturated rings. The lowest BCUT2D eigenvalue weighted by molar-refractivity contribution is -0.117. The van der Waals surface area contributed by atoms with Gasteiger partial charge in [-0.05, 0) is 47.9 Å². The number of pyridine rings is 1. The second-order valence-electron chi connectivity index (χ2n) is 6.45. The number of benzene rings is 1. The summed E-state index contributed by atoms with van der Waals surface area (Å²) in [5.41, 5.74) is 2.31. The van der Waals surface area contributed by atoms with Crippen molar-refractivity contribution in [1.82, 2.24) is 4.98 Å². The molecule has 0 saturated carbocycles. The van der Waals surface area contributed by atoms with E-state index in [4.69, 9.17) is 4.42 Å². The third-order valence-corrected chi connectivity index (χ3v) is 4.82. The van der Waals surface area contributed by atoms with E-state index in [-0.39, 0.29) is 11.3 Å². The largest absolute Gasteiger partial charge is 0.503 e. The molecular formula is C22H18N2O4. The van der Waals surface area contributed by atoms with Gasteiger partial charge in [0, 0.05) is 18.1 Å². The van der Waals surface area contributed by atoms with Crippen molar-refractivity contribution in [1.29, 1.82) is 0 Å². The first-order valence-electron chi connectivity index (χ1n) is 8.95. The van der Waals surface area contributed by atoms with Gasteiger partial charge in [0.1, 0.15) is 0 Å². The summed E-state index contributed by atoms with van der Waals surface area (Å²) >= 11 is 0. The first-order chi connectivity index (χ1) is 13.6. The van der Waals surface area contributed by atoms with Crippen LogP contribution in [0.3, 0.4) is 0 Å². The summed E-state index contributed by atoms with van der Waals surface area (Å²) in [6.45, 7) is 2.04. The van der Waals surface area contributed by atoms with Crippen LogP contribution in [-0.4, -0.2) is 21.8 Å². The molecule has 2 aromatic heterocycles. The van der Waals surface area contributed by atoms with Crippen LogP contribution in [0.25, 0.3) is 0 Å². The fourth-order valence-electron chi connectivity index (χ4n) is 3.39. The molecule has 1 aromatic carbocycles. The molecule has 0 aliphatic carbocycles. The molecule has 1 amide bonds. The van der Waals surface area contributed by atoms with Gasteiger partial charge in [0.15, 0.2) is 11.5 Å². The van der Waals surface area contributed by atoms with Gasteiger partial charge >= 0.3 is 0 Å². The number of aliphatic hydroxyl groups excluding tert-OH is 1. The third-order valence-electron chi connectivity index (χ3n) is 4.82. The van der Waals surface area contributed by atoms with Gasteiger partial charge in [0.05, 0.1) is 17.9 Å². The second kappa shape index (κ2) is 7.15. The van der Waals surface area contributed by atoms with Crippen LogP contribution in [0, 0.1) is 0 Å². The number of carbonyl (C=O) groups is 2. The number of hydrogen-bond donors (Lipinski definition) is 1. The van der Waals surface area contributed by atoms with Crippen LogP contribution in [0.15, 0.2) is 82.9 Å². The standard InChI is InChI=1S/C22H18N2O4/c1-2-14-7-9-16(10-8-14)24-19(15-5-3-11-23-13-15)18(21(26)22(24)27)20(25)17-6-4-12-28-17/h3-13,19,26H,2H2,1H3. The average Bonchev–Trinajstić information content (AvgIpc) is 3.36. The summed E-state index contributed by atoms with van der Waals surface area (Å²) in [4.78, 5) is 31.5. The minimum Gasteiger partial charge on any atom is -0.503 e. The zero-order valence-electron chi connectivity index (χ0n) is 15.2. The maximum atomic E-state index is 13.0. The van der Waals surface area contributed by atoms with Crippen molar-refractivity contribution in [2.24, 2.45) is 0 Å². The average molecular weight is 374 g/mol. The maximum absolute atomic E-state index is 13.0. The Morgan fingerprint density at radius 1 is 1.18 bits per heavy atom. The maximum Gasteiger partial charge on any atom is 0.294 e. The zero-order valence-corrected chi connectivity index (χ0v) is 15.2. The molecule has 0 saturated heterocycles. The van der Waals surface area contributed by atoms with E-state index in [9.17, 15) is 14.7 Å². The predicted molar refractivity (Wildman–Crippen MR) is 103 cm³/mol. The number of Topliss-reactive ketones (excluding diaryl/α,β-unsaturated/α-hetero) is 1. The molecule has 6 heteroatoms. The highest BCUT2D eigenvalue weighted by Crippen LogP contribution is 2.41. The molecule has 0 bridgehead atoms. The molecule has 6 nitrogen and oxygen atoms in total. The van der Waals surface area contributed by atoms with E-state index < -0.39 is 23.5 Å². The van der Waals surface area contributed by atoms with Gasteiger partial charge in [-0.2, -0.15) is 0 Å². The quantitative estimate of drug-likeness (QED) is 0.682. The number of furan rings is 1. The minimum atomic E-state index is -0.800.